The van der Waals surface area contributed by atoms with Crippen LogP contribution in [0.25, 0.3) is 0 Å². The predicted molar refractivity (Wildman–Crippen MR) is 72.0 cm³/mol. The molecule has 2 rings (SSSR count). The number of carbonyl (C=O) groups is 2. The van der Waals surface area contributed by atoms with E-state index in [4.69, 9.17) is 9.84 Å². The minimum absolute atomic E-state index is 0. The van der Waals surface area contributed by atoms with Crippen LogP contribution in [0.5, 0.6) is 5.75 Å². The van der Waals surface area contributed by atoms with Crippen LogP contribution in [0.15, 0.2) is 54.6 Å². The van der Waals surface area contributed by atoms with Crippen LogP contribution >= 0.6 is 0 Å². The average molecular weight is 282 g/mol. The molecule has 0 aliphatic rings. The van der Waals surface area contributed by atoms with Gasteiger partial charge in [0.25, 0.3) is 0 Å². The van der Waals surface area contributed by atoms with Crippen molar-refractivity contribution in [3.05, 3.63) is 65.7 Å². The van der Waals surface area contributed by atoms with Gasteiger partial charge in [0.2, 0.25) is 0 Å². The second-order valence-electron chi connectivity index (χ2n) is 3.59. The molecule has 0 atom stereocenters. The van der Waals surface area contributed by atoms with Gasteiger partial charge in [0.15, 0.2) is 0 Å². The number of benzene rings is 2. The van der Waals surface area contributed by atoms with Crippen molar-refractivity contribution in [3.8, 4) is 5.75 Å². The van der Waals surface area contributed by atoms with E-state index in [-0.39, 0.29) is 56.9 Å². The number of carboxylic acid groups (broad SMARTS) is 1. The minimum atomic E-state index is -1.03. The van der Waals surface area contributed by atoms with Gasteiger partial charge in [-0.2, -0.15) is 0 Å². The van der Waals surface area contributed by atoms with Gasteiger partial charge in [-0.15, -0.1) is 0 Å². The summed E-state index contributed by atoms with van der Waals surface area (Å²) in [7, 11) is 0. The van der Waals surface area contributed by atoms with Crippen molar-refractivity contribution < 1.29 is 19.4 Å². The molecule has 2 aromatic rings. The number of para-hydroxylation sites is 1. The van der Waals surface area contributed by atoms with Crippen molar-refractivity contribution in [2.75, 3.05) is 0 Å². The van der Waals surface area contributed by atoms with E-state index in [1.807, 2.05) is 6.07 Å². The Labute approximate surface area is 152 Å². The van der Waals surface area contributed by atoms with Crippen molar-refractivity contribution in [1.82, 2.24) is 0 Å². The van der Waals surface area contributed by atoms with Crippen LogP contribution in [0.4, 0.5) is 0 Å². The number of esters is 1. The molecule has 19 heavy (non-hydrogen) atoms. The molecular weight excluding hydrogens is 271 g/mol. The van der Waals surface area contributed by atoms with E-state index in [1.54, 1.807) is 24.3 Å². The summed E-state index contributed by atoms with van der Waals surface area (Å²) in [4.78, 5) is 22.4. The Balaban J connectivity index is 0.00000180. The molecule has 0 spiro atoms. The zero-order valence-corrected chi connectivity index (χ0v) is 9.37. The average Bonchev–Trinajstić information content (AvgIpc) is 2.40. The molecule has 0 unspecified atom stereocenters. The fourth-order valence-electron chi connectivity index (χ4n) is 1.40. The van der Waals surface area contributed by atoms with Gasteiger partial charge in [0.1, 0.15) is 5.75 Å². The van der Waals surface area contributed by atoms with E-state index in [0.29, 0.717) is 11.3 Å². The van der Waals surface area contributed by atoms with Crippen LogP contribution in [0.1, 0.15) is 20.7 Å². The van der Waals surface area contributed by atoms with Gasteiger partial charge < -0.3 is 9.84 Å². The normalized spacial score (nSPS) is 9.26. The van der Waals surface area contributed by atoms with Gasteiger partial charge in [0, 0.05) is 0 Å². The second-order valence-corrected chi connectivity index (χ2v) is 3.59. The Morgan fingerprint density at radius 1 is 0.842 bits per heavy atom. The van der Waals surface area contributed by atoms with Gasteiger partial charge >= 0.3 is 63.3 Å². The molecule has 0 aromatic heterocycles. The third-order valence-corrected chi connectivity index (χ3v) is 2.32. The molecule has 0 saturated heterocycles. The number of hydrogen-bond acceptors (Lipinski definition) is 3. The molecule has 0 amide bonds. The number of rotatable bonds is 3. The zero-order chi connectivity index (χ0) is 13.0. The monoisotopic (exact) mass is 282 g/mol. The molecular formula is C14H11KO4. The molecule has 0 fully saturated rings. The van der Waals surface area contributed by atoms with Crippen molar-refractivity contribution >= 4 is 63.3 Å². The Hall–Kier alpha value is -0.984. The van der Waals surface area contributed by atoms with Crippen molar-refractivity contribution in [2.45, 2.75) is 0 Å². The number of aromatic carboxylic acids is 1. The molecule has 2 aromatic carbocycles. The third-order valence-electron chi connectivity index (χ3n) is 2.32. The summed E-state index contributed by atoms with van der Waals surface area (Å²) in [6.45, 7) is 0. The summed E-state index contributed by atoms with van der Waals surface area (Å²) in [6.07, 6.45) is 0. The van der Waals surface area contributed by atoms with E-state index in [2.05, 4.69) is 0 Å². The number of carboxylic acids is 1. The summed E-state index contributed by atoms with van der Waals surface area (Å²) in [6, 6.07) is 14.3. The molecule has 0 aliphatic heterocycles. The molecule has 5 heteroatoms. The van der Waals surface area contributed by atoms with Crippen LogP contribution in [-0.4, -0.2) is 68.4 Å². The summed E-state index contributed by atoms with van der Waals surface area (Å²) < 4.78 is 5.11. The zero-order valence-electron chi connectivity index (χ0n) is 9.37. The Bertz CT molecular complexity index is 564. The van der Waals surface area contributed by atoms with E-state index in [1.165, 1.54) is 24.3 Å². The van der Waals surface area contributed by atoms with Crippen molar-refractivity contribution in [2.24, 2.45) is 0 Å². The molecule has 0 aliphatic carbocycles. The Kier molecular flexibility index (Phi) is 6.40. The summed E-state index contributed by atoms with van der Waals surface area (Å²) in [5, 5.41) is 8.73. The fourth-order valence-corrected chi connectivity index (χ4v) is 1.40. The molecule has 0 saturated carbocycles. The Morgan fingerprint density at radius 2 is 1.37 bits per heavy atom. The quantitative estimate of drug-likeness (QED) is 0.531. The van der Waals surface area contributed by atoms with Gasteiger partial charge in [-0.1, -0.05) is 18.2 Å². The summed E-state index contributed by atoms with van der Waals surface area (Å²) in [5.41, 5.74) is 0.440. The van der Waals surface area contributed by atoms with E-state index in [9.17, 15) is 9.59 Å². The first-order chi connectivity index (χ1) is 8.66. The van der Waals surface area contributed by atoms with E-state index < -0.39 is 11.9 Å². The summed E-state index contributed by atoms with van der Waals surface area (Å²) in [5.74, 6) is -1.10. The topological polar surface area (TPSA) is 63.6 Å². The molecule has 0 heterocycles. The van der Waals surface area contributed by atoms with Crippen molar-refractivity contribution in [3.63, 3.8) is 0 Å². The number of hydrogen-bond donors (Lipinski definition) is 1. The van der Waals surface area contributed by atoms with Crippen LogP contribution in [0.2, 0.25) is 0 Å². The molecule has 0 radical (unpaired) electrons. The first-order valence-electron chi connectivity index (χ1n) is 5.27. The van der Waals surface area contributed by atoms with Crippen LogP contribution < -0.4 is 4.74 Å². The standard InChI is InChI=1S/C14H10O4.K.H/c15-13(16)10-6-8-11(9-7-10)14(17)18-12-4-2-1-3-5-12;;/h1-9H,(H,15,16);;. The third kappa shape index (κ3) is 4.56. The molecule has 0 bridgehead atoms. The second kappa shape index (κ2) is 7.57. The van der Waals surface area contributed by atoms with Crippen LogP contribution in [0.3, 0.4) is 0 Å². The maximum atomic E-state index is 11.7. The first-order valence-corrected chi connectivity index (χ1v) is 5.27. The molecule has 4 nitrogen and oxygen atoms in total. The van der Waals surface area contributed by atoms with Gasteiger partial charge in [0.05, 0.1) is 11.1 Å². The molecule has 92 valence electrons. The SMILES string of the molecule is O=C(O)c1ccc(C(=O)Oc2ccccc2)cc1.[KH]. The summed E-state index contributed by atoms with van der Waals surface area (Å²) >= 11 is 0. The number of ether oxygens (including phenoxy) is 1. The van der Waals surface area contributed by atoms with Crippen LogP contribution in [0, 0.1) is 0 Å². The van der Waals surface area contributed by atoms with Crippen LogP contribution in [-0.2, 0) is 0 Å². The maximum absolute atomic E-state index is 11.7. The van der Waals surface area contributed by atoms with E-state index in [0.717, 1.165) is 0 Å². The van der Waals surface area contributed by atoms with Gasteiger partial charge in [-0.25, -0.2) is 9.59 Å². The van der Waals surface area contributed by atoms with E-state index >= 15 is 0 Å². The molecule has 1 N–H and O–H groups in total. The Morgan fingerprint density at radius 3 is 1.89 bits per heavy atom. The number of carbonyl (C=O) groups excluding carboxylic acids is 1. The van der Waals surface area contributed by atoms with Gasteiger partial charge in [-0.05, 0) is 36.4 Å². The van der Waals surface area contributed by atoms with Crippen molar-refractivity contribution in [1.29, 1.82) is 0 Å². The van der Waals surface area contributed by atoms with Gasteiger partial charge in [-0.3, -0.25) is 0 Å². The fraction of sp³-hybridized carbons (Fsp3) is 0. The first kappa shape index (κ1) is 16.1. The predicted octanol–water partition coefficient (Wildman–Crippen LogP) is 1.96.